The van der Waals surface area contributed by atoms with Gasteiger partial charge in [-0.25, -0.2) is 9.59 Å². The normalized spacial score (nSPS) is 25.8. The van der Waals surface area contributed by atoms with Gasteiger partial charge in [0.05, 0.1) is 21.4 Å². The molecule has 6 amide bonds. The van der Waals surface area contributed by atoms with Gasteiger partial charge >= 0.3 is 12.1 Å². The molecule has 2 aliphatic heterocycles. The summed E-state index contributed by atoms with van der Waals surface area (Å²) in [6.07, 6.45) is 1.80. The summed E-state index contributed by atoms with van der Waals surface area (Å²) in [4.78, 5) is 50.2. The number of nitrogens with two attached hydrogens (primary N) is 2. The number of carbonyl (C=O) groups excluding carboxylic acids is 4. The predicted octanol–water partition coefficient (Wildman–Crippen LogP) is 1.88. The molecular formula is C24H24Cl2N6O4. The van der Waals surface area contributed by atoms with Crippen LogP contribution in [-0.4, -0.2) is 58.8 Å². The van der Waals surface area contributed by atoms with E-state index >= 15 is 0 Å². The van der Waals surface area contributed by atoms with Crippen molar-refractivity contribution in [3.05, 3.63) is 56.6 Å². The third-order valence-corrected chi connectivity index (χ3v) is 8.72. The fraction of sp³-hybridized carbons (Fsp3) is 0.333. The maximum Gasteiger partial charge on any atom is 0.324 e. The first-order valence-electron chi connectivity index (χ1n) is 11.2. The third kappa shape index (κ3) is 3.24. The number of nitrogens with zero attached hydrogens (tertiary/aromatic N) is 2. The molecule has 0 aromatic heterocycles. The van der Waals surface area contributed by atoms with E-state index in [9.17, 15) is 19.2 Å². The van der Waals surface area contributed by atoms with Gasteiger partial charge in [-0.1, -0.05) is 35.3 Å². The molecule has 0 saturated carbocycles. The van der Waals surface area contributed by atoms with Gasteiger partial charge in [-0.2, -0.15) is 0 Å². The molecule has 2 aliphatic carbocycles. The fourth-order valence-electron chi connectivity index (χ4n) is 5.50. The summed E-state index contributed by atoms with van der Waals surface area (Å²) in [6.45, 7) is 0. The van der Waals surface area contributed by atoms with Crippen molar-refractivity contribution in [2.75, 3.05) is 25.6 Å². The zero-order valence-electron chi connectivity index (χ0n) is 19.6. The summed E-state index contributed by atoms with van der Waals surface area (Å²) in [6, 6.07) is 6.47. The Morgan fingerprint density at radius 2 is 1.06 bits per heavy atom. The van der Waals surface area contributed by atoms with E-state index in [-0.39, 0.29) is 23.9 Å². The van der Waals surface area contributed by atoms with Crippen LogP contribution < -0.4 is 22.1 Å². The smallest absolute Gasteiger partial charge is 0.324 e. The second-order valence-corrected chi connectivity index (χ2v) is 10.4. The van der Waals surface area contributed by atoms with Gasteiger partial charge in [-0.05, 0) is 34.4 Å². The number of fused-ring (bicyclic) bond motifs is 2. The van der Waals surface area contributed by atoms with Crippen molar-refractivity contribution >= 4 is 58.5 Å². The molecule has 4 aliphatic rings. The highest BCUT2D eigenvalue weighted by molar-refractivity contribution is 6.34. The van der Waals surface area contributed by atoms with E-state index in [1.807, 2.05) is 12.1 Å². The van der Waals surface area contributed by atoms with E-state index in [4.69, 9.17) is 34.7 Å². The van der Waals surface area contributed by atoms with Gasteiger partial charge in [-0.3, -0.25) is 20.2 Å². The van der Waals surface area contributed by atoms with Crippen molar-refractivity contribution in [1.29, 1.82) is 0 Å². The van der Waals surface area contributed by atoms with Gasteiger partial charge in [0.15, 0.2) is 0 Å². The number of nitrogens with one attached hydrogen (secondary N) is 2. The molecule has 36 heavy (non-hydrogen) atoms. The summed E-state index contributed by atoms with van der Waals surface area (Å²) in [7, 11) is 3.26. The van der Waals surface area contributed by atoms with Crippen LogP contribution in [0.5, 0.6) is 0 Å². The van der Waals surface area contributed by atoms with Crippen molar-refractivity contribution in [2.24, 2.45) is 0 Å². The van der Waals surface area contributed by atoms with E-state index in [0.717, 1.165) is 22.3 Å². The number of halogens is 2. The molecule has 2 spiro atoms. The number of carbonyl (C=O) groups is 4. The lowest BCUT2D eigenvalue weighted by molar-refractivity contribution is -0.126. The lowest BCUT2D eigenvalue weighted by Gasteiger charge is -2.27. The molecule has 6 N–H and O–H groups in total. The highest BCUT2D eigenvalue weighted by Gasteiger charge is 2.55. The number of urea groups is 2. The van der Waals surface area contributed by atoms with Gasteiger partial charge in [-0.15, -0.1) is 0 Å². The minimum Gasteiger partial charge on any atom is -0.398 e. The number of hydrogen-bond donors (Lipinski definition) is 4. The monoisotopic (exact) mass is 530 g/mol. The Balaban J connectivity index is 0.000000148. The van der Waals surface area contributed by atoms with Gasteiger partial charge in [0.2, 0.25) is 0 Å². The lowest BCUT2D eigenvalue weighted by Crippen LogP contribution is -2.48. The van der Waals surface area contributed by atoms with Gasteiger partial charge in [0.25, 0.3) is 11.8 Å². The van der Waals surface area contributed by atoms with Crippen LogP contribution in [0.25, 0.3) is 0 Å². The lowest BCUT2D eigenvalue weighted by atomic mass is 9.95. The van der Waals surface area contributed by atoms with Crippen LogP contribution >= 0.6 is 23.2 Å². The Bertz CT molecular complexity index is 1280. The maximum absolute atomic E-state index is 12.0. The summed E-state index contributed by atoms with van der Waals surface area (Å²) in [5, 5.41) is 5.67. The molecular weight excluding hydrogens is 507 g/mol. The number of benzene rings is 2. The quantitative estimate of drug-likeness (QED) is 0.301. The number of hydrogen-bond acceptors (Lipinski definition) is 6. The topological polar surface area (TPSA) is 151 Å². The molecule has 2 heterocycles. The molecule has 2 atom stereocenters. The van der Waals surface area contributed by atoms with E-state index in [1.54, 1.807) is 26.2 Å². The standard InChI is InChI=1S/2C12H12ClN3O2/c2*1-16-11(18)15-10(17)12(16)4-6-2-3-8(14)9(13)7(6)5-12/h2*2-3H,4-5,14H2,1H3,(H,15,17,18)/t2*12-/m11/s1. The molecule has 10 nitrogen and oxygen atoms in total. The first-order valence-corrected chi connectivity index (χ1v) is 12.0. The van der Waals surface area contributed by atoms with Gasteiger partial charge in [0, 0.05) is 39.8 Å². The minimum atomic E-state index is -0.836. The Morgan fingerprint density at radius 3 is 1.36 bits per heavy atom. The SMILES string of the molecule is CN1C(=O)NC(=O)[C@]12Cc1ccc(N)c(Cl)c1C2.CN1C(=O)NC(=O)[C@]12Cc1ccc(N)c(Cl)c1C2. The van der Waals surface area contributed by atoms with Crippen LogP contribution in [-0.2, 0) is 35.3 Å². The number of nitrogen functional groups attached to an aromatic ring is 2. The van der Waals surface area contributed by atoms with Crippen LogP contribution in [0.4, 0.5) is 21.0 Å². The van der Waals surface area contributed by atoms with E-state index in [1.165, 1.54) is 9.80 Å². The van der Waals surface area contributed by atoms with Crippen LogP contribution in [0, 0.1) is 0 Å². The van der Waals surface area contributed by atoms with Crippen LogP contribution in [0.15, 0.2) is 24.3 Å². The maximum atomic E-state index is 12.0. The second-order valence-electron chi connectivity index (χ2n) is 9.62. The number of likely N-dealkylation sites (N-methyl/N-ethyl adjacent to an activating group) is 2. The number of imide groups is 2. The molecule has 188 valence electrons. The van der Waals surface area contributed by atoms with Crippen molar-refractivity contribution in [1.82, 2.24) is 20.4 Å². The molecule has 12 heteroatoms. The van der Waals surface area contributed by atoms with Gasteiger partial charge in [0.1, 0.15) is 11.1 Å². The highest BCUT2D eigenvalue weighted by Crippen LogP contribution is 2.43. The first kappa shape index (κ1) is 24.2. The first-order chi connectivity index (χ1) is 16.9. The summed E-state index contributed by atoms with van der Waals surface area (Å²) in [5.41, 5.74) is 14.5. The zero-order chi connectivity index (χ0) is 26.2. The van der Waals surface area contributed by atoms with Crippen molar-refractivity contribution in [3.63, 3.8) is 0 Å². The van der Waals surface area contributed by atoms with E-state index in [2.05, 4.69) is 10.6 Å². The van der Waals surface area contributed by atoms with Crippen LogP contribution in [0.3, 0.4) is 0 Å². The third-order valence-electron chi connectivity index (χ3n) is 7.82. The number of amides is 6. The van der Waals surface area contributed by atoms with Crippen molar-refractivity contribution in [3.8, 4) is 0 Å². The largest absolute Gasteiger partial charge is 0.398 e. The zero-order valence-corrected chi connectivity index (χ0v) is 21.1. The fourth-order valence-corrected chi connectivity index (χ4v) is 6.00. The Morgan fingerprint density at radius 1 is 0.694 bits per heavy atom. The molecule has 0 bridgehead atoms. The molecule has 2 fully saturated rings. The summed E-state index contributed by atoms with van der Waals surface area (Å²) < 4.78 is 0. The molecule has 6 rings (SSSR count). The Kier molecular flexibility index (Phi) is 5.38. The second kappa shape index (κ2) is 8.01. The molecule has 0 unspecified atom stereocenters. The van der Waals surface area contributed by atoms with E-state index < -0.39 is 11.1 Å². The van der Waals surface area contributed by atoms with E-state index in [0.29, 0.717) is 47.1 Å². The van der Waals surface area contributed by atoms with Crippen LogP contribution in [0.1, 0.15) is 22.3 Å². The minimum absolute atomic E-state index is 0.263. The van der Waals surface area contributed by atoms with Crippen molar-refractivity contribution in [2.45, 2.75) is 36.8 Å². The average molecular weight is 531 g/mol. The summed E-state index contributed by atoms with van der Waals surface area (Å²) >= 11 is 12.3. The molecule has 2 aromatic carbocycles. The highest BCUT2D eigenvalue weighted by atomic mass is 35.5. The molecule has 2 saturated heterocycles. The average Bonchev–Trinajstić information content (AvgIpc) is 3.54. The molecule has 0 radical (unpaired) electrons. The van der Waals surface area contributed by atoms with Gasteiger partial charge < -0.3 is 21.3 Å². The predicted molar refractivity (Wildman–Crippen MR) is 135 cm³/mol. The summed E-state index contributed by atoms with van der Waals surface area (Å²) in [5.74, 6) is -0.526. The number of anilines is 2. The van der Waals surface area contributed by atoms with Crippen LogP contribution in [0.2, 0.25) is 10.0 Å². The van der Waals surface area contributed by atoms with Crippen molar-refractivity contribution < 1.29 is 19.2 Å². The Labute approximate surface area is 216 Å². The molecule has 2 aromatic rings. The number of rotatable bonds is 0. The Hall–Kier alpha value is -3.50.